The van der Waals surface area contributed by atoms with Crippen LogP contribution in [0.5, 0.6) is 0 Å². The molecule has 0 amide bonds. The number of hydrogen-bond acceptors (Lipinski definition) is 6. The summed E-state index contributed by atoms with van der Waals surface area (Å²) in [6, 6.07) is 0. The Balaban J connectivity index is 4.14. The molecule has 468 valence electrons. The Hall–Kier alpha value is -1.85. The third kappa shape index (κ3) is 66.8. The van der Waals surface area contributed by atoms with Crippen LogP contribution in [0.2, 0.25) is 0 Å². The molecular weight excluding hydrogens is 973 g/mol. The van der Waals surface area contributed by atoms with Crippen LogP contribution in [-0.4, -0.2) is 37.2 Å². The number of unbranched alkanes of at least 4 members (excludes halogenated alkanes) is 55. The molecular formula is C73H140O6. The van der Waals surface area contributed by atoms with E-state index in [9.17, 15) is 14.4 Å². The number of rotatable bonds is 68. The fourth-order valence-corrected chi connectivity index (χ4v) is 11.3. The smallest absolute Gasteiger partial charge is 0.306 e. The number of ether oxygens (including phenoxy) is 3. The lowest BCUT2D eigenvalue weighted by atomic mass is 10.0. The molecule has 1 atom stereocenters. The molecule has 0 fully saturated rings. The minimum Gasteiger partial charge on any atom is -0.462 e. The first-order valence-corrected chi connectivity index (χ1v) is 36.2. The summed E-state index contributed by atoms with van der Waals surface area (Å²) in [6.07, 6.45) is 82.6. The van der Waals surface area contributed by atoms with E-state index in [0.717, 1.165) is 57.8 Å². The molecule has 0 N–H and O–H groups in total. The zero-order chi connectivity index (χ0) is 57.1. The van der Waals surface area contributed by atoms with Gasteiger partial charge in [0.05, 0.1) is 0 Å². The van der Waals surface area contributed by atoms with E-state index in [1.54, 1.807) is 0 Å². The van der Waals surface area contributed by atoms with Crippen LogP contribution in [0.15, 0.2) is 12.2 Å². The Morgan fingerprint density at radius 1 is 0.241 bits per heavy atom. The molecule has 0 aliphatic rings. The van der Waals surface area contributed by atoms with Gasteiger partial charge in [0.15, 0.2) is 6.10 Å². The van der Waals surface area contributed by atoms with Gasteiger partial charge in [-0.1, -0.05) is 367 Å². The molecule has 0 heterocycles. The molecule has 79 heavy (non-hydrogen) atoms. The number of hydrogen-bond donors (Lipinski definition) is 0. The molecule has 0 aromatic carbocycles. The zero-order valence-corrected chi connectivity index (χ0v) is 53.9. The lowest BCUT2D eigenvalue weighted by Gasteiger charge is -2.18. The van der Waals surface area contributed by atoms with Crippen molar-refractivity contribution in [3.63, 3.8) is 0 Å². The average Bonchev–Trinajstić information content (AvgIpc) is 3.45. The summed E-state index contributed by atoms with van der Waals surface area (Å²) >= 11 is 0. The summed E-state index contributed by atoms with van der Waals surface area (Å²) in [4.78, 5) is 38.4. The van der Waals surface area contributed by atoms with Crippen molar-refractivity contribution in [3.8, 4) is 0 Å². The maximum atomic E-state index is 12.9. The van der Waals surface area contributed by atoms with Gasteiger partial charge in [-0.05, 0) is 44.9 Å². The van der Waals surface area contributed by atoms with Gasteiger partial charge in [-0.15, -0.1) is 0 Å². The predicted molar refractivity (Wildman–Crippen MR) is 344 cm³/mol. The maximum absolute atomic E-state index is 12.9. The van der Waals surface area contributed by atoms with E-state index < -0.39 is 6.10 Å². The van der Waals surface area contributed by atoms with Crippen molar-refractivity contribution in [2.45, 2.75) is 425 Å². The minimum absolute atomic E-state index is 0.0625. The molecule has 6 heteroatoms. The third-order valence-corrected chi connectivity index (χ3v) is 16.8. The number of allylic oxidation sites excluding steroid dienone is 2. The molecule has 0 saturated heterocycles. The molecule has 0 saturated carbocycles. The summed E-state index contributed by atoms with van der Waals surface area (Å²) in [7, 11) is 0. The van der Waals surface area contributed by atoms with E-state index in [0.29, 0.717) is 19.3 Å². The zero-order valence-electron chi connectivity index (χ0n) is 53.9. The van der Waals surface area contributed by atoms with Crippen LogP contribution >= 0.6 is 0 Å². The Kier molecular flexibility index (Phi) is 67.0. The van der Waals surface area contributed by atoms with Crippen LogP contribution in [0.1, 0.15) is 419 Å². The van der Waals surface area contributed by atoms with Crippen molar-refractivity contribution in [2.24, 2.45) is 0 Å². The van der Waals surface area contributed by atoms with Gasteiger partial charge in [0.1, 0.15) is 13.2 Å². The molecule has 0 bridgehead atoms. The Labute approximate surface area is 494 Å². The lowest BCUT2D eigenvalue weighted by Crippen LogP contribution is -2.30. The Morgan fingerprint density at radius 2 is 0.418 bits per heavy atom. The second-order valence-electron chi connectivity index (χ2n) is 24.9. The van der Waals surface area contributed by atoms with Gasteiger partial charge in [-0.25, -0.2) is 0 Å². The summed E-state index contributed by atoms with van der Waals surface area (Å²) in [5.74, 6) is -0.827. The van der Waals surface area contributed by atoms with Gasteiger partial charge >= 0.3 is 17.9 Å². The summed E-state index contributed by atoms with van der Waals surface area (Å²) < 4.78 is 17.0. The first kappa shape index (κ1) is 77.2. The fourth-order valence-electron chi connectivity index (χ4n) is 11.3. The standard InChI is InChI=1S/C73H140O6/c1-4-7-10-13-16-19-22-24-26-28-30-32-34-35-36-37-39-40-42-44-46-48-51-54-57-60-63-66-72(75)78-69-70(68-77-71(74)65-62-59-56-53-50-21-18-15-12-9-6-3)79-73(76)67-64-61-58-55-52-49-47-45-43-41-38-33-31-29-27-25-23-20-17-14-11-8-5-2/h28,30,70H,4-27,29,31-69H2,1-3H3/b30-28-. The van der Waals surface area contributed by atoms with Gasteiger partial charge in [0.25, 0.3) is 0 Å². The summed E-state index contributed by atoms with van der Waals surface area (Å²) in [5.41, 5.74) is 0. The van der Waals surface area contributed by atoms with E-state index in [-0.39, 0.29) is 31.1 Å². The SMILES string of the molecule is CCCCCCCCCC/C=C\CCCCCCCCCCCCCCCCCC(=O)OCC(COC(=O)CCCCCCCCCCCCC)OC(=O)CCCCCCCCCCCCCCCCCCCCCCCCC. The molecule has 0 aromatic rings. The van der Waals surface area contributed by atoms with E-state index in [1.165, 1.54) is 321 Å². The minimum atomic E-state index is -0.765. The van der Waals surface area contributed by atoms with Crippen molar-refractivity contribution in [1.29, 1.82) is 0 Å². The van der Waals surface area contributed by atoms with Crippen LogP contribution in [-0.2, 0) is 28.6 Å². The largest absolute Gasteiger partial charge is 0.462 e. The number of esters is 3. The van der Waals surface area contributed by atoms with Gasteiger partial charge in [0.2, 0.25) is 0 Å². The van der Waals surface area contributed by atoms with Crippen LogP contribution < -0.4 is 0 Å². The van der Waals surface area contributed by atoms with Crippen LogP contribution in [0, 0.1) is 0 Å². The van der Waals surface area contributed by atoms with Gasteiger partial charge < -0.3 is 14.2 Å². The molecule has 0 aliphatic heterocycles. The van der Waals surface area contributed by atoms with Crippen molar-refractivity contribution in [1.82, 2.24) is 0 Å². The average molecular weight is 1110 g/mol. The number of carbonyl (C=O) groups excluding carboxylic acids is 3. The van der Waals surface area contributed by atoms with Gasteiger partial charge in [-0.3, -0.25) is 14.4 Å². The van der Waals surface area contributed by atoms with Crippen molar-refractivity contribution >= 4 is 17.9 Å². The van der Waals surface area contributed by atoms with E-state index in [4.69, 9.17) is 14.2 Å². The molecule has 0 aliphatic carbocycles. The number of carbonyl (C=O) groups is 3. The quantitative estimate of drug-likeness (QED) is 0.0261. The molecule has 0 rings (SSSR count). The van der Waals surface area contributed by atoms with Crippen molar-refractivity contribution in [2.75, 3.05) is 13.2 Å². The van der Waals surface area contributed by atoms with Crippen LogP contribution in [0.3, 0.4) is 0 Å². The highest BCUT2D eigenvalue weighted by atomic mass is 16.6. The first-order valence-electron chi connectivity index (χ1n) is 36.2. The predicted octanol–water partition coefficient (Wildman–Crippen LogP) is 24.8. The highest BCUT2D eigenvalue weighted by Crippen LogP contribution is 2.19. The first-order chi connectivity index (χ1) is 39.0. The van der Waals surface area contributed by atoms with Crippen LogP contribution in [0.25, 0.3) is 0 Å². The summed E-state index contributed by atoms with van der Waals surface area (Å²) in [6.45, 7) is 6.72. The normalized spacial score (nSPS) is 12.0. The fraction of sp³-hybridized carbons (Fsp3) is 0.932. The molecule has 0 aromatic heterocycles. The summed E-state index contributed by atoms with van der Waals surface area (Å²) in [5, 5.41) is 0. The van der Waals surface area contributed by atoms with Gasteiger partial charge in [0, 0.05) is 19.3 Å². The monoisotopic (exact) mass is 1110 g/mol. The van der Waals surface area contributed by atoms with Gasteiger partial charge in [-0.2, -0.15) is 0 Å². The third-order valence-electron chi connectivity index (χ3n) is 16.8. The molecule has 0 spiro atoms. The second-order valence-corrected chi connectivity index (χ2v) is 24.9. The second kappa shape index (κ2) is 68.6. The maximum Gasteiger partial charge on any atom is 0.306 e. The molecule has 0 radical (unpaired) electrons. The Bertz CT molecular complexity index is 1230. The van der Waals surface area contributed by atoms with Crippen molar-refractivity contribution in [3.05, 3.63) is 12.2 Å². The highest BCUT2D eigenvalue weighted by molar-refractivity contribution is 5.71. The van der Waals surface area contributed by atoms with Crippen LogP contribution in [0.4, 0.5) is 0 Å². The Morgan fingerprint density at radius 3 is 0.633 bits per heavy atom. The topological polar surface area (TPSA) is 78.9 Å². The van der Waals surface area contributed by atoms with E-state index in [2.05, 4.69) is 32.9 Å². The van der Waals surface area contributed by atoms with E-state index in [1.807, 2.05) is 0 Å². The lowest BCUT2D eigenvalue weighted by molar-refractivity contribution is -0.167. The highest BCUT2D eigenvalue weighted by Gasteiger charge is 2.19. The molecule has 6 nitrogen and oxygen atoms in total. The van der Waals surface area contributed by atoms with E-state index >= 15 is 0 Å². The molecule has 1 unspecified atom stereocenters. The van der Waals surface area contributed by atoms with Crippen molar-refractivity contribution < 1.29 is 28.6 Å².